The molecular weight excluding hydrogens is 332 g/mol. The Kier molecular flexibility index (Phi) is 6.09. The number of para-hydroxylation sites is 2. The van der Waals surface area contributed by atoms with Crippen LogP contribution in [0.2, 0.25) is 0 Å². The van der Waals surface area contributed by atoms with Crippen molar-refractivity contribution in [2.24, 2.45) is 11.7 Å². The van der Waals surface area contributed by atoms with Gasteiger partial charge in [0.15, 0.2) is 11.5 Å². The van der Waals surface area contributed by atoms with Gasteiger partial charge in [0.25, 0.3) is 0 Å². The lowest BCUT2D eigenvalue weighted by Gasteiger charge is -2.26. The molecule has 1 saturated heterocycles. The summed E-state index contributed by atoms with van der Waals surface area (Å²) in [7, 11) is 1.60. The number of carbonyl (C=O) groups is 1. The van der Waals surface area contributed by atoms with E-state index in [1.54, 1.807) is 31.4 Å². The molecule has 0 saturated carbocycles. The lowest BCUT2D eigenvalue weighted by molar-refractivity contribution is -0.119. The number of rotatable bonds is 6. The van der Waals surface area contributed by atoms with E-state index in [1.807, 2.05) is 24.3 Å². The maximum absolute atomic E-state index is 12.3. The molecule has 1 unspecified atom stereocenters. The number of carbonyl (C=O) groups excluding carboxylic acids is 1. The summed E-state index contributed by atoms with van der Waals surface area (Å²) in [6.07, 6.45) is 1.64. The zero-order chi connectivity index (χ0) is 18.4. The number of methoxy groups -OCH3 is 1. The molecule has 1 fully saturated rings. The van der Waals surface area contributed by atoms with Crippen LogP contribution in [0.3, 0.4) is 0 Å². The molecule has 1 aliphatic rings. The van der Waals surface area contributed by atoms with Crippen LogP contribution in [0.15, 0.2) is 48.5 Å². The van der Waals surface area contributed by atoms with Crippen LogP contribution >= 0.6 is 0 Å². The van der Waals surface area contributed by atoms with Crippen LogP contribution in [-0.4, -0.2) is 32.3 Å². The van der Waals surface area contributed by atoms with Gasteiger partial charge in [-0.2, -0.15) is 0 Å². The number of nitrogens with two attached hydrogens (primary N) is 1. The molecule has 0 aromatic heterocycles. The summed E-state index contributed by atoms with van der Waals surface area (Å²) in [4.78, 5) is 12.3. The van der Waals surface area contributed by atoms with Gasteiger partial charge in [0, 0.05) is 18.9 Å². The molecular formula is C20H24N2O4. The zero-order valence-electron chi connectivity index (χ0n) is 14.8. The van der Waals surface area contributed by atoms with E-state index in [4.69, 9.17) is 19.9 Å². The zero-order valence-corrected chi connectivity index (χ0v) is 14.8. The monoisotopic (exact) mass is 356 g/mol. The standard InChI is InChI=1S/C20H24N2O4/c1-24-17-4-2-3-5-18(17)26-16-8-6-15(7-9-16)22-20(23)19(21)14-10-12-25-13-11-14/h2-9,14,19H,10-13,21H2,1H3,(H,22,23). The van der Waals surface area contributed by atoms with Gasteiger partial charge in [-0.15, -0.1) is 0 Å². The van der Waals surface area contributed by atoms with Gasteiger partial charge < -0.3 is 25.3 Å². The van der Waals surface area contributed by atoms with E-state index in [2.05, 4.69) is 5.32 Å². The van der Waals surface area contributed by atoms with E-state index in [0.717, 1.165) is 12.8 Å². The van der Waals surface area contributed by atoms with Gasteiger partial charge >= 0.3 is 0 Å². The largest absolute Gasteiger partial charge is 0.493 e. The van der Waals surface area contributed by atoms with Crippen molar-refractivity contribution in [3.05, 3.63) is 48.5 Å². The number of anilines is 1. The number of ether oxygens (including phenoxy) is 3. The second-order valence-corrected chi connectivity index (χ2v) is 6.24. The highest BCUT2D eigenvalue weighted by molar-refractivity contribution is 5.94. The van der Waals surface area contributed by atoms with Crippen LogP contribution in [0.25, 0.3) is 0 Å². The summed E-state index contributed by atoms with van der Waals surface area (Å²) >= 11 is 0. The Hall–Kier alpha value is -2.57. The first-order chi connectivity index (χ1) is 12.7. The molecule has 1 heterocycles. The molecule has 3 N–H and O–H groups in total. The number of nitrogens with one attached hydrogen (secondary N) is 1. The summed E-state index contributed by atoms with van der Waals surface area (Å²) in [5, 5.41) is 2.87. The Balaban J connectivity index is 1.59. The summed E-state index contributed by atoms with van der Waals surface area (Å²) in [5.41, 5.74) is 6.78. The second-order valence-electron chi connectivity index (χ2n) is 6.24. The average molecular weight is 356 g/mol. The Bertz CT molecular complexity index is 727. The van der Waals surface area contributed by atoms with Crippen LogP contribution in [-0.2, 0) is 9.53 Å². The Labute approximate surface area is 153 Å². The first-order valence-corrected chi connectivity index (χ1v) is 8.72. The number of hydrogen-bond donors (Lipinski definition) is 2. The smallest absolute Gasteiger partial charge is 0.241 e. The second kappa shape index (κ2) is 8.69. The third kappa shape index (κ3) is 4.53. The van der Waals surface area contributed by atoms with E-state index in [-0.39, 0.29) is 11.8 Å². The van der Waals surface area contributed by atoms with Crippen LogP contribution in [0.5, 0.6) is 17.2 Å². The van der Waals surface area contributed by atoms with Crippen LogP contribution in [0.4, 0.5) is 5.69 Å². The van der Waals surface area contributed by atoms with Crippen LogP contribution in [0.1, 0.15) is 12.8 Å². The normalized spacial score (nSPS) is 15.9. The van der Waals surface area contributed by atoms with E-state index >= 15 is 0 Å². The first kappa shape index (κ1) is 18.2. The van der Waals surface area contributed by atoms with E-state index in [9.17, 15) is 4.79 Å². The summed E-state index contributed by atoms with van der Waals surface area (Å²) in [5.74, 6) is 1.94. The number of amides is 1. The lowest BCUT2D eigenvalue weighted by Crippen LogP contribution is -2.43. The molecule has 1 amide bonds. The van der Waals surface area contributed by atoms with Gasteiger partial charge in [-0.1, -0.05) is 12.1 Å². The van der Waals surface area contributed by atoms with Gasteiger partial charge in [0.05, 0.1) is 13.2 Å². The summed E-state index contributed by atoms with van der Waals surface area (Å²) < 4.78 is 16.4. The van der Waals surface area contributed by atoms with Gasteiger partial charge in [-0.25, -0.2) is 0 Å². The van der Waals surface area contributed by atoms with Crippen molar-refractivity contribution in [3.63, 3.8) is 0 Å². The molecule has 0 spiro atoms. The minimum atomic E-state index is -0.525. The summed E-state index contributed by atoms with van der Waals surface area (Å²) in [6.45, 7) is 1.33. The maximum atomic E-state index is 12.3. The van der Waals surface area contributed by atoms with Gasteiger partial charge in [0.2, 0.25) is 5.91 Å². The molecule has 6 heteroatoms. The Morgan fingerprint density at radius 3 is 2.42 bits per heavy atom. The van der Waals surface area contributed by atoms with Crippen molar-refractivity contribution in [3.8, 4) is 17.2 Å². The van der Waals surface area contributed by atoms with Crippen molar-refractivity contribution in [2.75, 3.05) is 25.6 Å². The molecule has 0 aliphatic carbocycles. The molecule has 3 rings (SSSR count). The maximum Gasteiger partial charge on any atom is 0.241 e. The molecule has 0 radical (unpaired) electrons. The predicted octanol–water partition coefficient (Wildman–Crippen LogP) is 3.18. The molecule has 1 aliphatic heterocycles. The highest BCUT2D eigenvalue weighted by atomic mass is 16.5. The fraction of sp³-hybridized carbons (Fsp3) is 0.350. The van der Waals surface area contributed by atoms with Gasteiger partial charge in [-0.05, 0) is 55.2 Å². The minimum absolute atomic E-state index is 0.164. The van der Waals surface area contributed by atoms with Gasteiger partial charge in [0.1, 0.15) is 5.75 Å². The Morgan fingerprint density at radius 2 is 1.77 bits per heavy atom. The molecule has 0 bridgehead atoms. The van der Waals surface area contributed by atoms with Crippen molar-refractivity contribution < 1.29 is 19.0 Å². The highest BCUT2D eigenvalue weighted by Crippen LogP contribution is 2.31. The Morgan fingerprint density at radius 1 is 1.12 bits per heavy atom. The average Bonchev–Trinajstić information content (AvgIpc) is 2.70. The van der Waals surface area contributed by atoms with Crippen molar-refractivity contribution in [2.45, 2.75) is 18.9 Å². The lowest BCUT2D eigenvalue weighted by atomic mass is 9.92. The number of hydrogen-bond acceptors (Lipinski definition) is 5. The first-order valence-electron chi connectivity index (χ1n) is 8.72. The highest BCUT2D eigenvalue weighted by Gasteiger charge is 2.26. The quantitative estimate of drug-likeness (QED) is 0.831. The van der Waals surface area contributed by atoms with Crippen molar-refractivity contribution >= 4 is 11.6 Å². The van der Waals surface area contributed by atoms with E-state index in [1.165, 1.54) is 0 Å². The number of benzene rings is 2. The fourth-order valence-corrected chi connectivity index (χ4v) is 2.95. The minimum Gasteiger partial charge on any atom is -0.493 e. The van der Waals surface area contributed by atoms with Crippen molar-refractivity contribution in [1.29, 1.82) is 0 Å². The van der Waals surface area contributed by atoms with Gasteiger partial charge in [-0.3, -0.25) is 4.79 Å². The van der Waals surface area contributed by atoms with E-state index < -0.39 is 6.04 Å². The fourth-order valence-electron chi connectivity index (χ4n) is 2.95. The SMILES string of the molecule is COc1ccccc1Oc1ccc(NC(=O)C(N)C2CCOCC2)cc1. The topological polar surface area (TPSA) is 82.8 Å². The van der Waals surface area contributed by atoms with Crippen LogP contribution < -0.4 is 20.5 Å². The predicted molar refractivity (Wildman–Crippen MR) is 99.7 cm³/mol. The third-order valence-electron chi connectivity index (χ3n) is 4.50. The molecule has 26 heavy (non-hydrogen) atoms. The summed E-state index contributed by atoms with van der Waals surface area (Å²) in [6, 6.07) is 14.1. The molecule has 6 nitrogen and oxygen atoms in total. The van der Waals surface area contributed by atoms with Crippen molar-refractivity contribution in [1.82, 2.24) is 0 Å². The van der Waals surface area contributed by atoms with E-state index in [0.29, 0.717) is 36.1 Å². The molecule has 2 aromatic rings. The molecule has 2 aromatic carbocycles. The molecule has 1 atom stereocenters. The van der Waals surface area contributed by atoms with Crippen LogP contribution in [0, 0.1) is 5.92 Å². The molecule has 138 valence electrons. The third-order valence-corrected chi connectivity index (χ3v) is 4.50.